The van der Waals surface area contributed by atoms with Crippen LogP contribution in [0.1, 0.15) is 11.1 Å². The number of nitro groups is 3. The molecule has 31 heteroatoms. The average molecular weight is 1280 g/mol. The molecular formula is C49H51Cl2IN18O8S2. The van der Waals surface area contributed by atoms with Gasteiger partial charge in [-0.2, -0.15) is 5.10 Å². The van der Waals surface area contributed by atoms with E-state index in [9.17, 15) is 38.8 Å². The molecule has 0 aromatic carbocycles. The van der Waals surface area contributed by atoms with Crippen LogP contribution in [0.2, 0.25) is 0 Å². The summed E-state index contributed by atoms with van der Waals surface area (Å²) in [5.41, 5.74) is 10.8. The van der Waals surface area contributed by atoms with E-state index in [1.165, 1.54) is 47.8 Å². The number of thioether (sulfide) groups is 1. The lowest BCUT2D eigenvalue weighted by Gasteiger charge is -2.03. The summed E-state index contributed by atoms with van der Waals surface area (Å²) in [6, 6.07) is 34.4. The quantitative estimate of drug-likeness (QED) is 0.0310. The van der Waals surface area contributed by atoms with E-state index >= 15 is 0 Å². The van der Waals surface area contributed by atoms with Crippen molar-refractivity contribution in [1.82, 2.24) is 48.4 Å². The molecule has 11 aromatic rings. The molecule has 418 valence electrons. The third-order valence-electron chi connectivity index (χ3n) is 10.8. The van der Waals surface area contributed by atoms with Gasteiger partial charge in [0.2, 0.25) is 15.7 Å². The maximum atomic E-state index is 11.3. The molecule has 0 amide bonds. The molecule has 6 N–H and O–H groups in total. The highest BCUT2D eigenvalue weighted by atomic mass is 127. The Morgan fingerprint density at radius 1 is 0.562 bits per heavy atom. The van der Waals surface area contributed by atoms with E-state index in [-0.39, 0.29) is 65.7 Å². The Morgan fingerprint density at radius 2 is 0.963 bits per heavy atom. The number of hydrogen-bond donors (Lipinski definition) is 4. The van der Waals surface area contributed by atoms with Crippen molar-refractivity contribution in [2.45, 2.75) is 22.9 Å². The molecule has 26 nitrogen and oxygen atoms in total. The second-order valence-corrected chi connectivity index (χ2v) is 18.7. The van der Waals surface area contributed by atoms with E-state index in [0.29, 0.717) is 34.1 Å². The van der Waals surface area contributed by atoms with E-state index in [0.717, 1.165) is 42.5 Å². The summed E-state index contributed by atoms with van der Waals surface area (Å²) in [7, 11) is -3.71. The summed E-state index contributed by atoms with van der Waals surface area (Å²) < 4.78 is 30.2. The van der Waals surface area contributed by atoms with Gasteiger partial charge in [-0.1, -0.05) is 35.0 Å². The molecule has 0 unspecified atom stereocenters. The highest BCUT2D eigenvalue weighted by Crippen LogP contribution is 2.31. The van der Waals surface area contributed by atoms with Crippen molar-refractivity contribution in [1.29, 1.82) is 0 Å². The van der Waals surface area contributed by atoms with Gasteiger partial charge >= 0.3 is 17.1 Å². The van der Waals surface area contributed by atoms with E-state index in [1.54, 1.807) is 109 Å². The van der Waals surface area contributed by atoms with Gasteiger partial charge in [0.15, 0.2) is 23.2 Å². The van der Waals surface area contributed by atoms with Crippen molar-refractivity contribution in [2.24, 2.45) is 0 Å². The van der Waals surface area contributed by atoms with Gasteiger partial charge in [0.25, 0.3) is 5.03 Å². The molecule has 80 heavy (non-hydrogen) atoms. The third-order valence-corrected chi connectivity index (χ3v) is 12.4. The van der Waals surface area contributed by atoms with Crippen LogP contribution in [0.4, 0.5) is 34.4 Å². The summed E-state index contributed by atoms with van der Waals surface area (Å²) in [4.78, 5) is 39.3. The molecule has 0 radical (unpaired) electrons. The number of pyridine rings is 7. The van der Waals surface area contributed by atoms with Crippen molar-refractivity contribution in [3.8, 4) is 0 Å². The van der Waals surface area contributed by atoms with Gasteiger partial charge in [-0.05, 0) is 103 Å². The second kappa shape index (κ2) is 30.4. The Hall–Kier alpha value is -8.78. The fourth-order valence-corrected chi connectivity index (χ4v) is 8.56. The number of nitrogens with one attached hydrogen (secondary N) is 2. The Bertz CT molecular complexity index is 3900. The van der Waals surface area contributed by atoms with E-state index < -0.39 is 35.3 Å². The third kappa shape index (κ3) is 16.6. The average Bonchev–Trinajstić information content (AvgIpc) is 4.23. The first-order valence-electron chi connectivity index (χ1n) is 22.9. The molecule has 0 spiro atoms. The van der Waals surface area contributed by atoms with E-state index in [1.807, 2.05) is 66.9 Å². The molecule has 11 heterocycles. The molecular weight excluding hydrogens is 1230 g/mol. The van der Waals surface area contributed by atoms with Crippen LogP contribution in [0, 0.1) is 30.3 Å². The second-order valence-electron chi connectivity index (χ2n) is 16.0. The normalized spacial score (nSPS) is 10.3. The number of aromatic nitrogens is 11. The molecule has 11 rings (SSSR count). The number of nitrogens with two attached hydrogens (primary N) is 2. The largest absolute Gasteiger partial charge is 1.00 e. The first-order valence-corrected chi connectivity index (χ1v) is 26.0. The topological polar surface area (TPSA) is 339 Å². The van der Waals surface area contributed by atoms with Crippen LogP contribution in [0.5, 0.6) is 0 Å². The van der Waals surface area contributed by atoms with Gasteiger partial charge in [0.1, 0.15) is 22.2 Å². The van der Waals surface area contributed by atoms with Crippen molar-refractivity contribution < 1.29 is 51.8 Å². The molecule has 0 bridgehead atoms. The first kappa shape index (κ1) is 63.8. The minimum atomic E-state index is -3.71. The van der Waals surface area contributed by atoms with Crippen molar-refractivity contribution in [3.63, 3.8) is 0 Å². The van der Waals surface area contributed by atoms with Crippen molar-refractivity contribution in [2.75, 3.05) is 47.8 Å². The van der Waals surface area contributed by atoms with Crippen LogP contribution in [0.3, 0.4) is 0 Å². The fourth-order valence-electron chi connectivity index (χ4n) is 7.25. The monoisotopic (exact) mass is 1280 g/mol. The number of rotatable bonds is 13. The van der Waals surface area contributed by atoms with Crippen LogP contribution in [0.25, 0.3) is 22.1 Å². The summed E-state index contributed by atoms with van der Waals surface area (Å²) in [5, 5.41) is 55.5. The maximum Gasteiger partial charge on any atom is 0.338 e. The first-order chi connectivity index (χ1) is 37.1. The minimum absolute atomic E-state index is 0. The van der Waals surface area contributed by atoms with Gasteiger partial charge in [-0.3, -0.25) is 40.3 Å². The molecule has 0 aliphatic carbocycles. The zero-order valence-corrected chi connectivity index (χ0v) is 47.7. The zero-order valence-electron chi connectivity index (χ0n) is 42.3. The van der Waals surface area contributed by atoms with Crippen LogP contribution < -0.4 is 50.9 Å². The maximum absolute atomic E-state index is 11.3. The van der Waals surface area contributed by atoms with Gasteiger partial charge < -0.3 is 40.3 Å². The van der Waals surface area contributed by atoms with Crippen molar-refractivity contribution in [3.05, 3.63) is 219 Å². The van der Waals surface area contributed by atoms with Gasteiger partial charge in [0.05, 0.1) is 20.3 Å². The molecule has 0 aliphatic heterocycles. The number of nitrogen functional groups attached to an aromatic ring is 2. The highest BCUT2D eigenvalue weighted by Gasteiger charge is 2.30. The van der Waals surface area contributed by atoms with E-state index in [4.69, 9.17) is 11.6 Å². The standard InChI is InChI=1S/C14H13N5O2.C14H15N5.C8H7N3O4S.C8H7N3O2S.C5H7N2.2ClH.HI/c20-19(21)13-12-3-1-2-10-18(12)17-14(13)16-9-6-11-4-7-15-8-5-11;15-13-12-3-1-2-10-19(12)18-14(13)17-9-6-11-4-7-16-8-5-11;1-16(14,15)8-7(11(12)13)6-4-2-3-5-10(6)9-8;1-14-8-7(11(12)13)6-4-2-3-5-10(6)9-8;6-7-4-2-1-3-5-7;;;/h1-5,7-8,10H,6,9H2,(H,16,17);1-5,7-8,10H,6,9,15H2,(H,17,18);2-5H,1H3;2-5H,1H3;1-5H,6H2;3*1H/q;;;;+1;;;/p-1. The number of halogens is 3. The van der Waals surface area contributed by atoms with Crippen molar-refractivity contribution >= 4 is 103 Å². The van der Waals surface area contributed by atoms with Gasteiger partial charge in [-0.25, -0.2) is 32.3 Å². The van der Waals surface area contributed by atoms with Crippen LogP contribution in [-0.4, -0.2) is 97.2 Å². The molecule has 0 aliphatic rings. The highest BCUT2D eigenvalue weighted by molar-refractivity contribution is 7.98. The molecule has 0 saturated heterocycles. The predicted octanol–water partition coefficient (Wildman–Crippen LogP) is 4.40. The summed E-state index contributed by atoms with van der Waals surface area (Å²) in [6.45, 7) is 1.35. The number of sulfone groups is 1. The Balaban J connectivity index is 0.000000220. The van der Waals surface area contributed by atoms with Crippen LogP contribution in [-0.2, 0) is 22.7 Å². The molecule has 0 saturated carbocycles. The Morgan fingerprint density at radius 3 is 1.39 bits per heavy atom. The number of hydrogen-bond acceptors (Lipinski definition) is 19. The van der Waals surface area contributed by atoms with Crippen LogP contribution in [0.15, 0.2) is 187 Å². The van der Waals surface area contributed by atoms with Crippen LogP contribution >= 0.6 is 36.6 Å². The van der Waals surface area contributed by atoms with Gasteiger partial charge in [0, 0.05) is 81.1 Å². The minimum Gasteiger partial charge on any atom is -1.00 e. The summed E-state index contributed by atoms with van der Waals surface area (Å²) in [6.07, 6.45) is 21.7. The molecule has 0 fully saturated rings. The lowest BCUT2D eigenvalue weighted by Crippen LogP contribution is -3.00. The predicted molar refractivity (Wildman–Crippen MR) is 304 cm³/mol. The Kier molecular flexibility index (Phi) is 24.2. The lowest BCUT2D eigenvalue weighted by atomic mass is 10.2. The summed E-state index contributed by atoms with van der Waals surface area (Å²) in [5.74, 6) is 6.30. The smallest absolute Gasteiger partial charge is 0.338 e. The lowest BCUT2D eigenvalue weighted by molar-refractivity contribution is -0.638. The fraction of sp³-hybridized carbons (Fsp3) is 0.122. The van der Waals surface area contributed by atoms with E-state index in [2.05, 4.69) is 41.0 Å². The molecule has 11 aromatic heterocycles. The summed E-state index contributed by atoms with van der Waals surface area (Å²) >= 11 is 1.28. The van der Waals surface area contributed by atoms with Gasteiger partial charge in [-0.15, -0.1) is 51.9 Å². The zero-order chi connectivity index (χ0) is 54.9. The Labute approximate surface area is 489 Å². The number of fused-ring (bicyclic) bond motifs is 4. The SMILES string of the molecule is CS(=O)(=O)c1nn2ccccc2c1[N+](=O)[O-].CSc1nn2ccccc2c1[N+](=O)[O-].Cl.Cl.N[n+]1ccccc1.Nc1c(NCCc2ccncc2)nn2ccccc12.O=[N+]([O-])c1c(NCCc2ccncc2)nn2ccccc12.[I-]. The number of nitrogens with zero attached hydrogens (tertiary/aromatic N) is 14. The number of anilines is 3. The molecule has 0 atom stereocenters.